The highest BCUT2D eigenvalue weighted by atomic mass is 16.1. The van der Waals surface area contributed by atoms with Gasteiger partial charge in [-0.25, -0.2) is 0 Å². The Kier molecular flexibility index (Phi) is 4.26. The van der Waals surface area contributed by atoms with Gasteiger partial charge in [0.05, 0.1) is 0 Å². The molecular weight excluding hydrogens is 176 g/mol. The molecule has 14 heavy (non-hydrogen) atoms. The van der Waals surface area contributed by atoms with Gasteiger partial charge in [-0.05, 0) is 32.1 Å². The van der Waals surface area contributed by atoms with Gasteiger partial charge in [-0.1, -0.05) is 6.07 Å². The Hall–Kier alpha value is -1.22. The fourth-order valence-corrected chi connectivity index (χ4v) is 1.52. The lowest BCUT2D eigenvalue weighted by Gasteiger charge is -2.23. The second-order valence-corrected chi connectivity index (χ2v) is 3.51. The van der Waals surface area contributed by atoms with Crippen LogP contribution in [-0.4, -0.2) is 30.3 Å². The first-order valence-corrected chi connectivity index (χ1v) is 4.75. The van der Waals surface area contributed by atoms with Gasteiger partial charge in [-0.15, -0.1) is 0 Å². The summed E-state index contributed by atoms with van der Waals surface area (Å²) in [5.41, 5.74) is 1.17. The number of hydrogen-bond acceptors (Lipinski definition) is 3. The summed E-state index contributed by atoms with van der Waals surface area (Å²) in [5.74, 6) is 0. The molecule has 0 aromatic carbocycles. The van der Waals surface area contributed by atoms with Gasteiger partial charge in [0.2, 0.25) is 0 Å². The minimum atomic E-state index is 0.286. The van der Waals surface area contributed by atoms with Crippen molar-refractivity contribution < 1.29 is 4.79 Å². The molecule has 1 aromatic rings. The molecule has 0 amide bonds. The van der Waals surface area contributed by atoms with Crippen LogP contribution in [0.2, 0.25) is 0 Å². The van der Waals surface area contributed by atoms with Crippen molar-refractivity contribution in [3.05, 3.63) is 30.1 Å². The minimum Gasteiger partial charge on any atom is -0.303 e. The van der Waals surface area contributed by atoms with E-state index < -0.39 is 0 Å². The van der Waals surface area contributed by atoms with E-state index in [1.807, 2.05) is 32.4 Å². The van der Waals surface area contributed by atoms with E-state index >= 15 is 0 Å². The summed E-state index contributed by atoms with van der Waals surface area (Å²) in [4.78, 5) is 16.5. The molecule has 1 heterocycles. The summed E-state index contributed by atoms with van der Waals surface area (Å²) in [6.45, 7) is 0. The van der Waals surface area contributed by atoms with Crippen molar-refractivity contribution in [2.75, 3.05) is 14.1 Å². The molecule has 0 aliphatic heterocycles. The van der Waals surface area contributed by atoms with E-state index in [0.717, 1.165) is 12.7 Å². The largest absolute Gasteiger partial charge is 0.303 e. The molecular formula is C11H16N2O. The zero-order valence-corrected chi connectivity index (χ0v) is 8.68. The Morgan fingerprint density at radius 3 is 2.86 bits per heavy atom. The molecule has 0 bridgehead atoms. The second kappa shape index (κ2) is 5.50. The molecule has 3 heteroatoms. The molecule has 1 rings (SSSR count). The number of hydrogen-bond donors (Lipinski definition) is 0. The van der Waals surface area contributed by atoms with Crippen LogP contribution in [0.4, 0.5) is 0 Å². The number of nitrogens with zero attached hydrogens (tertiary/aromatic N) is 2. The highest BCUT2D eigenvalue weighted by Gasteiger charge is 2.12. The average Bonchev–Trinajstić information content (AvgIpc) is 2.19. The lowest BCUT2D eigenvalue weighted by atomic mass is 10.0. The van der Waals surface area contributed by atoms with E-state index in [-0.39, 0.29) is 6.04 Å². The van der Waals surface area contributed by atoms with Crippen LogP contribution in [0.1, 0.15) is 24.4 Å². The van der Waals surface area contributed by atoms with Crippen LogP contribution in [0.25, 0.3) is 0 Å². The third-order valence-corrected chi connectivity index (χ3v) is 2.25. The van der Waals surface area contributed by atoms with Crippen LogP contribution in [0.3, 0.4) is 0 Å². The monoisotopic (exact) mass is 192 g/mol. The first-order chi connectivity index (χ1) is 6.75. The van der Waals surface area contributed by atoms with Crippen molar-refractivity contribution in [3.63, 3.8) is 0 Å². The van der Waals surface area contributed by atoms with Gasteiger partial charge >= 0.3 is 0 Å². The lowest BCUT2D eigenvalue weighted by Crippen LogP contribution is -2.20. The van der Waals surface area contributed by atoms with Crippen molar-refractivity contribution in [2.24, 2.45) is 0 Å². The smallest absolute Gasteiger partial charge is 0.120 e. The molecule has 0 aliphatic rings. The fraction of sp³-hybridized carbons (Fsp3) is 0.455. The maximum Gasteiger partial charge on any atom is 0.120 e. The molecule has 0 N–H and O–H groups in total. The van der Waals surface area contributed by atoms with Crippen LogP contribution >= 0.6 is 0 Å². The van der Waals surface area contributed by atoms with Gasteiger partial charge in [0, 0.05) is 24.9 Å². The highest BCUT2D eigenvalue weighted by molar-refractivity contribution is 5.49. The van der Waals surface area contributed by atoms with Crippen molar-refractivity contribution >= 4 is 6.29 Å². The van der Waals surface area contributed by atoms with Crippen LogP contribution in [0.15, 0.2) is 24.5 Å². The minimum absolute atomic E-state index is 0.286. The highest BCUT2D eigenvalue weighted by Crippen LogP contribution is 2.21. The van der Waals surface area contributed by atoms with Gasteiger partial charge in [-0.2, -0.15) is 0 Å². The molecule has 1 aromatic heterocycles. The van der Waals surface area contributed by atoms with Gasteiger partial charge in [0.1, 0.15) is 6.29 Å². The molecule has 3 nitrogen and oxygen atoms in total. The average molecular weight is 192 g/mol. The molecule has 0 saturated carbocycles. The molecule has 0 spiro atoms. The van der Waals surface area contributed by atoms with Crippen molar-refractivity contribution in [1.82, 2.24) is 9.88 Å². The normalized spacial score (nSPS) is 12.8. The Bertz CT molecular complexity index is 272. The molecule has 0 fully saturated rings. The standard InChI is InChI=1S/C11H16N2O/c1-13(2)11(6-4-8-14)10-5-3-7-12-9-10/h3,5,7-9,11H,4,6H2,1-2H3. The Balaban J connectivity index is 2.72. The van der Waals surface area contributed by atoms with E-state index in [2.05, 4.69) is 9.88 Å². The first-order valence-electron chi connectivity index (χ1n) is 4.75. The van der Waals surface area contributed by atoms with Crippen molar-refractivity contribution in [2.45, 2.75) is 18.9 Å². The number of aromatic nitrogens is 1. The van der Waals surface area contributed by atoms with E-state index in [1.165, 1.54) is 5.56 Å². The summed E-state index contributed by atoms with van der Waals surface area (Å²) in [6, 6.07) is 4.25. The third kappa shape index (κ3) is 2.92. The predicted octanol–water partition coefficient (Wildman–Crippen LogP) is 1.66. The number of carbonyl (C=O) groups is 1. The molecule has 0 radical (unpaired) electrons. The molecule has 0 saturated heterocycles. The van der Waals surface area contributed by atoms with E-state index in [9.17, 15) is 4.79 Å². The summed E-state index contributed by atoms with van der Waals surface area (Å²) >= 11 is 0. The van der Waals surface area contributed by atoms with Gasteiger partial charge in [0.15, 0.2) is 0 Å². The third-order valence-electron chi connectivity index (χ3n) is 2.25. The zero-order chi connectivity index (χ0) is 10.4. The zero-order valence-electron chi connectivity index (χ0n) is 8.68. The second-order valence-electron chi connectivity index (χ2n) is 3.51. The van der Waals surface area contributed by atoms with E-state index in [4.69, 9.17) is 0 Å². The molecule has 1 atom stereocenters. The maximum absolute atomic E-state index is 10.3. The Labute approximate surface area is 84.8 Å². The number of aldehydes is 1. The topological polar surface area (TPSA) is 33.2 Å². The van der Waals surface area contributed by atoms with Crippen LogP contribution in [-0.2, 0) is 4.79 Å². The Morgan fingerprint density at radius 1 is 1.57 bits per heavy atom. The van der Waals surface area contributed by atoms with Crippen LogP contribution in [0.5, 0.6) is 0 Å². The van der Waals surface area contributed by atoms with Gasteiger partial charge in [0.25, 0.3) is 0 Å². The number of pyridine rings is 1. The van der Waals surface area contributed by atoms with Gasteiger partial charge in [-0.3, -0.25) is 4.98 Å². The quantitative estimate of drug-likeness (QED) is 0.665. The summed E-state index contributed by atoms with van der Waals surface area (Å²) in [7, 11) is 4.03. The fourth-order valence-electron chi connectivity index (χ4n) is 1.52. The lowest BCUT2D eigenvalue weighted by molar-refractivity contribution is -0.108. The summed E-state index contributed by atoms with van der Waals surface area (Å²) < 4.78 is 0. The van der Waals surface area contributed by atoms with Crippen molar-refractivity contribution in [3.8, 4) is 0 Å². The van der Waals surface area contributed by atoms with E-state index in [0.29, 0.717) is 6.42 Å². The van der Waals surface area contributed by atoms with Crippen molar-refractivity contribution in [1.29, 1.82) is 0 Å². The maximum atomic E-state index is 10.3. The predicted molar refractivity (Wildman–Crippen MR) is 56.0 cm³/mol. The van der Waals surface area contributed by atoms with Crippen LogP contribution < -0.4 is 0 Å². The first kappa shape index (κ1) is 10.9. The summed E-state index contributed by atoms with van der Waals surface area (Å²) in [5, 5.41) is 0. The van der Waals surface area contributed by atoms with Crippen LogP contribution in [0, 0.1) is 0 Å². The molecule has 0 aliphatic carbocycles. The number of rotatable bonds is 5. The number of carbonyl (C=O) groups excluding carboxylic acids is 1. The van der Waals surface area contributed by atoms with Gasteiger partial charge < -0.3 is 9.69 Å². The summed E-state index contributed by atoms with van der Waals surface area (Å²) in [6.07, 6.45) is 6.03. The van der Waals surface area contributed by atoms with E-state index in [1.54, 1.807) is 6.20 Å². The molecule has 76 valence electrons. The molecule has 1 unspecified atom stereocenters. The Morgan fingerprint density at radius 2 is 2.36 bits per heavy atom. The SMILES string of the molecule is CN(C)C(CCC=O)c1cccnc1.